The predicted molar refractivity (Wildman–Crippen MR) is 141 cm³/mol. The normalized spacial score (nSPS) is 12.7. The Morgan fingerprint density at radius 2 is 1.11 bits per heavy atom. The number of hydrogen-bond donors (Lipinski definition) is 0. The van der Waals surface area contributed by atoms with E-state index in [4.69, 9.17) is 23.2 Å². The first kappa shape index (κ1) is 27.0. The highest BCUT2D eigenvalue weighted by Crippen LogP contribution is 2.33. The molecule has 13 heteroatoms. The van der Waals surface area contributed by atoms with Crippen molar-refractivity contribution in [3.8, 4) is 0 Å². The van der Waals surface area contributed by atoms with E-state index in [2.05, 4.69) is 9.97 Å². The highest BCUT2D eigenvalue weighted by molar-refractivity contribution is 6.30. The quantitative estimate of drug-likeness (QED) is 0.181. The van der Waals surface area contributed by atoms with Gasteiger partial charge in [-0.3, -0.25) is 4.79 Å². The molecule has 4 aromatic rings. The van der Waals surface area contributed by atoms with Crippen molar-refractivity contribution in [2.45, 2.75) is 38.8 Å². The molecule has 0 bridgehead atoms. The molecule has 4 rings (SSSR count). The lowest BCUT2D eigenvalue weighted by atomic mass is 9.83. The van der Waals surface area contributed by atoms with Gasteiger partial charge in [0.1, 0.15) is 25.5 Å². The van der Waals surface area contributed by atoms with Crippen LogP contribution in [0.15, 0.2) is 60.9 Å². The van der Waals surface area contributed by atoms with E-state index in [0.29, 0.717) is 32.8 Å². The molecule has 0 fully saturated rings. The van der Waals surface area contributed by atoms with Crippen LogP contribution in [0.5, 0.6) is 0 Å². The number of nitrogens with zero attached hydrogens (tertiary/aromatic N) is 6. The van der Waals surface area contributed by atoms with Gasteiger partial charge in [-0.2, -0.15) is 0 Å². The van der Waals surface area contributed by atoms with E-state index in [9.17, 15) is 25.0 Å². The Bertz CT molecular complexity index is 1390. The van der Waals surface area contributed by atoms with Crippen molar-refractivity contribution in [3.05, 3.63) is 114 Å². The molecule has 0 aliphatic rings. The zero-order valence-electron chi connectivity index (χ0n) is 20.3. The number of carbonyl (C=O) groups excluding carboxylic acids is 1. The summed E-state index contributed by atoms with van der Waals surface area (Å²) in [7, 11) is 0. The Labute approximate surface area is 227 Å². The smallest absolute Gasteiger partial charge is 0.342 e. The van der Waals surface area contributed by atoms with Crippen molar-refractivity contribution in [3.63, 3.8) is 0 Å². The number of benzene rings is 2. The van der Waals surface area contributed by atoms with Gasteiger partial charge in [0.2, 0.25) is 0 Å². The molecule has 0 spiro atoms. The molecule has 0 saturated heterocycles. The van der Waals surface area contributed by atoms with Crippen LogP contribution in [0.3, 0.4) is 0 Å². The molecule has 2 unspecified atom stereocenters. The number of aromatic nitrogens is 4. The number of hydrogen-bond acceptors (Lipinski definition) is 7. The molecule has 2 aromatic heterocycles. The molecule has 0 amide bonds. The Balaban J connectivity index is 1.84. The van der Waals surface area contributed by atoms with Crippen molar-refractivity contribution >= 4 is 40.6 Å². The molecule has 196 valence electrons. The summed E-state index contributed by atoms with van der Waals surface area (Å²) in [4.78, 5) is 44.7. The minimum atomic E-state index is -0.873. The minimum Gasteiger partial charge on any atom is -0.358 e. The molecule has 0 N–H and O–H groups in total. The van der Waals surface area contributed by atoms with E-state index < -0.39 is 21.7 Å². The molecule has 2 aromatic carbocycles. The van der Waals surface area contributed by atoms with Crippen molar-refractivity contribution in [2.24, 2.45) is 0 Å². The van der Waals surface area contributed by atoms with Crippen LogP contribution < -0.4 is 0 Å². The molecular weight excluding hydrogens is 535 g/mol. The van der Waals surface area contributed by atoms with Gasteiger partial charge in [0.05, 0.1) is 11.8 Å². The lowest BCUT2D eigenvalue weighted by molar-refractivity contribution is -0.392. The van der Waals surface area contributed by atoms with Crippen molar-refractivity contribution in [1.29, 1.82) is 0 Å². The maximum atomic E-state index is 14.4. The van der Waals surface area contributed by atoms with Crippen LogP contribution in [0, 0.1) is 34.1 Å². The fourth-order valence-electron chi connectivity index (χ4n) is 4.37. The lowest BCUT2D eigenvalue weighted by Crippen LogP contribution is -2.28. The van der Waals surface area contributed by atoms with Crippen LogP contribution in [0.4, 0.5) is 11.6 Å². The van der Waals surface area contributed by atoms with E-state index in [1.54, 1.807) is 62.4 Å². The number of Topliss-reactive ketones (excluding diaryl/α,β-unsaturated/α-hetero) is 1. The van der Waals surface area contributed by atoms with Gasteiger partial charge < -0.3 is 20.2 Å². The summed E-state index contributed by atoms with van der Waals surface area (Å²) in [5, 5.41) is 24.2. The Kier molecular flexibility index (Phi) is 7.88. The van der Waals surface area contributed by atoms with E-state index in [1.807, 2.05) is 0 Å². The van der Waals surface area contributed by atoms with E-state index in [-0.39, 0.29) is 30.5 Å². The van der Waals surface area contributed by atoms with E-state index in [0.717, 1.165) is 12.4 Å². The van der Waals surface area contributed by atoms with Gasteiger partial charge in [0.25, 0.3) is 0 Å². The van der Waals surface area contributed by atoms with Crippen molar-refractivity contribution in [2.75, 3.05) is 0 Å². The van der Waals surface area contributed by atoms with Gasteiger partial charge in [0.15, 0.2) is 17.4 Å². The number of rotatable bonds is 10. The fraction of sp³-hybridized carbons (Fsp3) is 0.240. The summed E-state index contributed by atoms with van der Waals surface area (Å²) in [5.41, 5.74) is 1.16. The number of halogens is 2. The summed E-state index contributed by atoms with van der Waals surface area (Å²) in [6, 6.07) is 13.3. The largest absolute Gasteiger partial charge is 0.358 e. The fourth-order valence-corrected chi connectivity index (χ4v) is 4.62. The third-order valence-electron chi connectivity index (χ3n) is 6.40. The maximum Gasteiger partial charge on any atom is 0.342 e. The summed E-state index contributed by atoms with van der Waals surface area (Å²) in [6.45, 7) is 3.09. The zero-order valence-corrected chi connectivity index (χ0v) is 21.8. The van der Waals surface area contributed by atoms with Crippen LogP contribution in [0.2, 0.25) is 10.0 Å². The number of imidazole rings is 2. The standard InChI is InChI=1S/C25H22Cl2N6O5/c1-15-28-11-23(32(35)36)30(15)13-21(17-3-7-19(26)8-4-17)25(34)22(18-5-9-20(27)10-6-18)14-31-16(2)29-12-24(31)33(37)38/h3-12,21-22H,13-14H2,1-2H3. The van der Waals surface area contributed by atoms with Crippen molar-refractivity contribution in [1.82, 2.24) is 19.1 Å². The molecule has 2 heterocycles. The Morgan fingerprint density at radius 3 is 1.42 bits per heavy atom. The first-order valence-electron chi connectivity index (χ1n) is 11.4. The van der Waals surface area contributed by atoms with E-state index in [1.165, 1.54) is 9.13 Å². The average Bonchev–Trinajstić information content (AvgIpc) is 3.44. The van der Waals surface area contributed by atoms with Gasteiger partial charge in [-0.15, -0.1) is 0 Å². The first-order chi connectivity index (χ1) is 18.1. The monoisotopic (exact) mass is 556 g/mol. The molecule has 38 heavy (non-hydrogen) atoms. The number of nitro groups is 2. The number of ketones is 1. The second-order valence-corrected chi connectivity index (χ2v) is 9.55. The van der Waals surface area contributed by atoms with Crippen LogP contribution in [0.25, 0.3) is 0 Å². The second-order valence-electron chi connectivity index (χ2n) is 8.67. The first-order valence-corrected chi connectivity index (χ1v) is 12.2. The van der Waals surface area contributed by atoms with Gasteiger partial charge in [0, 0.05) is 23.9 Å². The van der Waals surface area contributed by atoms with Crippen LogP contribution in [-0.2, 0) is 17.9 Å². The molecular formula is C25H22Cl2N6O5. The van der Waals surface area contributed by atoms with Gasteiger partial charge in [-0.05, 0) is 45.2 Å². The Morgan fingerprint density at radius 1 is 0.763 bits per heavy atom. The topological polar surface area (TPSA) is 139 Å². The number of carbonyl (C=O) groups is 1. The zero-order chi connectivity index (χ0) is 27.6. The third kappa shape index (κ3) is 5.58. The molecule has 2 atom stereocenters. The molecule has 11 nitrogen and oxygen atoms in total. The molecule has 0 aliphatic heterocycles. The van der Waals surface area contributed by atoms with Crippen LogP contribution in [-0.4, -0.2) is 34.7 Å². The second kappa shape index (κ2) is 11.1. The predicted octanol–water partition coefficient (Wildman–Crippen LogP) is 5.66. The van der Waals surface area contributed by atoms with Crippen LogP contribution in [0.1, 0.15) is 34.6 Å². The molecule has 0 radical (unpaired) electrons. The van der Waals surface area contributed by atoms with Gasteiger partial charge >= 0.3 is 11.6 Å². The van der Waals surface area contributed by atoms with Crippen LogP contribution >= 0.6 is 23.2 Å². The molecule has 0 saturated carbocycles. The average molecular weight is 557 g/mol. The number of aryl methyl sites for hydroxylation is 2. The summed E-state index contributed by atoms with van der Waals surface area (Å²) < 4.78 is 2.75. The highest BCUT2D eigenvalue weighted by Gasteiger charge is 2.36. The third-order valence-corrected chi connectivity index (χ3v) is 6.91. The summed E-state index contributed by atoms with van der Waals surface area (Å²) in [6.07, 6.45) is 2.29. The van der Waals surface area contributed by atoms with Crippen molar-refractivity contribution < 1.29 is 14.6 Å². The van der Waals surface area contributed by atoms with Gasteiger partial charge in [-0.25, -0.2) is 19.1 Å². The molecule has 0 aliphatic carbocycles. The highest BCUT2D eigenvalue weighted by atomic mass is 35.5. The maximum absolute atomic E-state index is 14.4. The Hall–Kier alpha value is -4.09. The van der Waals surface area contributed by atoms with E-state index >= 15 is 0 Å². The van der Waals surface area contributed by atoms with Gasteiger partial charge in [-0.1, -0.05) is 47.5 Å². The lowest BCUT2D eigenvalue weighted by Gasteiger charge is -2.23. The minimum absolute atomic E-state index is 0.0717. The SMILES string of the molecule is Cc1ncc([N+](=O)[O-])n1CC(C(=O)C(Cn1c([N+](=O)[O-])cnc1C)c1ccc(Cl)cc1)c1ccc(Cl)cc1. The summed E-state index contributed by atoms with van der Waals surface area (Å²) in [5.74, 6) is -1.82. The summed E-state index contributed by atoms with van der Waals surface area (Å²) >= 11 is 12.2.